The predicted octanol–water partition coefficient (Wildman–Crippen LogP) is 1.63. The highest BCUT2D eigenvalue weighted by molar-refractivity contribution is 5.97. The Hall–Kier alpha value is -3.55. The fourth-order valence-electron chi connectivity index (χ4n) is 4.03. The average Bonchev–Trinajstić information content (AvgIpc) is 3.22. The molecule has 8 nitrogen and oxygen atoms in total. The highest BCUT2D eigenvalue weighted by Crippen LogP contribution is 2.24. The number of nitrogens with zero attached hydrogens (tertiary/aromatic N) is 1. The quantitative estimate of drug-likeness (QED) is 0.736. The van der Waals surface area contributed by atoms with Crippen molar-refractivity contribution in [2.24, 2.45) is 0 Å². The van der Waals surface area contributed by atoms with Crippen molar-refractivity contribution in [3.05, 3.63) is 65.7 Å². The van der Waals surface area contributed by atoms with Crippen LogP contribution in [0, 0.1) is 0 Å². The molecule has 8 heteroatoms. The maximum atomic E-state index is 13.0. The van der Waals surface area contributed by atoms with Crippen LogP contribution in [0.15, 0.2) is 54.6 Å². The smallest absolute Gasteiger partial charge is 0.407 e. The van der Waals surface area contributed by atoms with Gasteiger partial charge >= 0.3 is 6.09 Å². The van der Waals surface area contributed by atoms with Crippen LogP contribution in [0.3, 0.4) is 0 Å². The molecular weight excluding hydrogens is 398 g/mol. The number of benzene rings is 2. The topological polar surface area (TPSA) is 97.0 Å². The molecule has 2 N–H and O–H groups in total. The number of fused-ring (bicyclic) bond motifs is 1. The molecule has 2 saturated heterocycles. The van der Waals surface area contributed by atoms with Crippen LogP contribution in [0.25, 0.3) is 0 Å². The number of carbonyl (C=O) groups is 3. The lowest BCUT2D eigenvalue weighted by Gasteiger charge is -2.34. The lowest BCUT2D eigenvalue weighted by molar-refractivity contribution is -0.147. The second-order valence-electron chi connectivity index (χ2n) is 7.76. The minimum atomic E-state index is -0.624. The van der Waals surface area contributed by atoms with E-state index in [1.807, 2.05) is 54.6 Å². The normalized spacial score (nSPS) is 22.5. The van der Waals surface area contributed by atoms with Gasteiger partial charge in [-0.1, -0.05) is 42.5 Å². The molecule has 0 radical (unpaired) electrons. The molecule has 2 aromatic carbocycles. The first-order valence-electron chi connectivity index (χ1n) is 10.2. The van der Waals surface area contributed by atoms with Crippen LogP contribution in [0.2, 0.25) is 0 Å². The van der Waals surface area contributed by atoms with Crippen molar-refractivity contribution in [2.75, 3.05) is 13.7 Å². The van der Waals surface area contributed by atoms with Gasteiger partial charge in [-0.25, -0.2) is 4.79 Å². The summed E-state index contributed by atoms with van der Waals surface area (Å²) < 4.78 is 10.4. The first-order valence-corrected chi connectivity index (χ1v) is 10.2. The van der Waals surface area contributed by atoms with Gasteiger partial charge < -0.3 is 25.0 Å². The Kier molecular flexibility index (Phi) is 6.06. The Bertz CT molecular complexity index is 947. The molecule has 2 fully saturated rings. The van der Waals surface area contributed by atoms with Crippen molar-refractivity contribution in [1.29, 1.82) is 0 Å². The van der Waals surface area contributed by atoms with Gasteiger partial charge in [0.15, 0.2) is 0 Å². The fourth-order valence-corrected chi connectivity index (χ4v) is 4.03. The van der Waals surface area contributed by atoms with Gasteiger partial charge in [0.05, 0.1) is 13.2 Å². The third-order valence-electron chi connectivity index (χ3n) is 5.64. The third-order valence-corrected chi connectivity index (χ3v) is 5.64. The molecule has 2 aliphatic heterocycles. The van der Waals surface area contributed by atoms with Crippen molar-refractivity contribution in [1.82, 2.24) is 15.5 Å². The van der Waals surface area contributed by atoms with Gasteiger partial charge in [-0.15, -0.1) is 0 Å². The lowest BCUT2D eigenvalue weighted by atomic mass is 10.0. The SMILES string of the molecule is COc1ccc(C[C@@H]2NC(=O)[C@@H]3C[C@H](NC(=O)OCc4ccccc4)CN3C2=O)cc1. The number of hydrogen-bond acceptors (Lipinski definition) is 5. The standard InChI is InChI=1S/C23H25N3O5/c1-30-18-9-7-15(8-10-18)11-19-22(28)26-13-17(12-20(26)21(27)25-19)24-23(29)31-14-16-5-3-2-4-6-16/h2-10,17,19-20H,11-14H2,1H3,(H,24,29)(H,25,27)/t17-,19-,20-/m0/s1. The van der Waals surface area contributed by atoms with Crippen molar-refractivity contribution in [2.45, 2.75) is 37.6 Å². The zero-order valence-corrected chi connectivity index (χ0v) is 17.2. The molecule has 2 aromatic rings. The van der Waals surface area contributed by atoms with Gasteiger partial charge in [0.2, 0.25) is 11.8 Å². The number of amides is 3. The minimum Gasteiger partial charge on any atom is -0.497 e. The molecule has 0 unspecified atom stereocenters. The Morgan fingerprint density at radius 2 is 1.84 bits per heavy atom. The second kappa shape index (κ2) is 9.07. The number of rotatable bonds is 6. The van der Waals surface area contributed by atoms with E-state index in [0.29, 0.717) is 12.8 Å². The van der Waals surface area contributed by atoms with Crippen LogP contribution in [0.1, 0.15) is 17.5 Å². The summed E-state index contributed by atoms with van der Waals surface area (Å²) in [4.78, 5) is 39.3. The van der Waals surface area contributed by atoms with Crippen LogP contribution in [0.5, 0.6) is 5.75 Å². The van der Waals surface area contributed by atoms with E-state index in [-0.39, 0.29) is 31.0 Å². The van der Waals surface area contributed by atoms with Crippen molar-refractivity contribution in [3.8, 4) is 5.75 Å². The van der Waals surface area contributed by atoms with Gasteiger partial charge in [0, 0.05) is 13.0 Å². The molecular formula is C23H25N3O5. The highest BCUT2D eigenvalue weighted by atomic mass is 16.5. The average molecular weight is 423 g/mol. The molecule has 0 aromatic heterocycles. The number of piperazine rings is 1. The molecule has 2 aliphatic rings. The second-order valence-corrected chi connectivity index (χ2v) is 7.76. The predicted molar refractivity (Wildman–Crippen MR) is 112 cm³/mol. The fraction of sp³-hybridized carbons (Fsp3) is 0.348. The molecule has 0 saturated carbocycles. The molecule has 0 spiro atoms. The summed E-state index contributed by atoms with van der Waals surface area (Å²) in [6, 6.07) is 15.3. The Balaban J connectivity index is 1.32. The van der Waals surface area contributed by atoms with E-state index in [1.165, 1.54) is 0 Å². The van der Waals surface area contributed by atoms with E-state index in [1.54, 1.807) is 12.0 Å². The summed E-state index contributed by atoms with van der Waals surface area (Å²) in [5.74, 6) is 0.401. The largest absolute Gasteiger partial charge is 0.497 e. The van der Waals surface area contributed by atoms with Gasteiger partial charge in [-0.2, -0.15) is 0 Å². The molecule has 0 aliphatic carbocycles. The number of ether oxygens (including phenoxy) is 2. The van der Waals surface area contributed by atoms with Crippen LogP contribution in [-0.2, 0) is 27.4 Å². The van der Waals surface area contributed by atoms with E-state index < -0.39 is 18.2 Å². The maximum absolute atomic E-state index is 13.0. The Morgan fingerprint density at radius 3 is 2.55 bits per heavy atom. The lowest BCUT2D eigenvalue weighted by Crippen LogP contribution is -2.61. The zero-order chi connectivity index (χ0) is 21.8. The Morgan fingerprint density at radius 1 is 1.10 bits per heavy atom. The van der Waals surface area contributed by atoms with Crippen molar-refractivity contribution < 1.29 is 23.9 Å². The molecule has 4 rings (SSSR count). The summed E-state index contributed by atoms with van der Waals surface area (Å²) in [6.07, 6.45) is 0.207. The zero-order valence-electron chi connectivity index (χ0n) is 17.2. The van der Waals surface area contributed by atoms with E-state index >= 15 is 0 Å². The number of methoxy groups -OCH3 is 1. The number of carbonyl (C=O) groups excluding carboxylic acids is 3. The van der Waals surface area contributed by atoms with Gasteiger partial charge in [0.25, 0.3) is 0 Å². The number of alkyl carbamates (subject to hydrolysis) is 1. The summed E-state index contributed by atoms with van der Waals surface area (Å²) in [5, 5.41) is 5.60. The summed E-state index contributed by atoms with van der Waals surface area (Å²) in [7, 11) is 1.59. The third kappa shape index (κ3) is 4.79. The number of nitrogens with one attached hydrogen (secondary N) is 2. The summed E-state index contributed by atoms with van der Waals surface area (Å²) in [6.45, 7) is 0.451. The summed E-state index contributed by atoms with van der Waals surface area (Å²) >= 11 is 0. The van der Waals surface area contributed by atoms with Crippen LogP contribution in [0.4, 0.5) is 4.79 Å². The van der Waals surface area contributed by atoms with Gasteiger partial charge in [-0.3, -0.25) is 9.59 Å². The monoisotopic (exact) mass is 423 g/mol. The summed E-state index contributed by atoms with van der Waals surface area (Å²) in [5.41, 5.74) is 1.81. The van der Waals surface area contributed by atoms with Crippen LogP contribution < -0.4 is 15.4 Å². The first-order chi connectivity index (χ1) is 15.0. The van der Waals surface area contributed by atoms with E-state index in [2.05, 4.69) is 10.6 Å². The van der Waals surface area contributed by atoms with E-state index in [0.717, 1.165) is 16.9 Å². The highest BCUT2D eigenvalue weighted by Gasteiger charge is 2.46. The van der Waals surface area contributed by atoms with E-state index in [9.17, 15) is 14.4 Å². The maximum Gasteiger partial charge on any atom is 0.407 e. The van der Waals surface area contributed by atoms with Crippen LogP contribution in [-0.4, -0.2) is 54.6 Å². The molecule has 0 bridgehead atoms. The van der Waals surface area contributed by atoms with Crippen molar-refractivity contribution >= 4 is 17.9 Å². The number of hydrogen-bond donors (Lipinski definition) is 2. The van der Waals surface area contributed by atoms with Gasteiger partial charge in [0.1, 0.15) is 24.4 Å². The van der Waals surface area contributed by atoms with E-state index in [4.69, 9.17) is 9.47 Å². The first kappa shape index (κ1) is 20.7. The molecule has 31 heavy (non-hydrogen) atoms. The van der Waals surface area contributed by atoms with Crippen LogP contribution >= 0.6 is 0 Å². The van der Waals surface area contributed by atoms with Crippen molar-refractivity contribution in [3.63, 3.8) is 0 Å². The molecule has 162 valence electrons. The Labute approximate surface area is 180 Å². The molecule has 2 heterocycles. The minimum absolute atomic E-state index is 0.137. The molecule has 3 amide bonds. The molecule has 3 atom stereocenters. The van der Waals surface area contributed by atoms with Gasteiger partial charge in [-0.05, 0) is 29.7 Å².